The summed E-state index contributed by atoms with van der Waals surface area (Å²) in [5, 5.41) is 0. The van der Waals surface area contributed by atoms with E-state index in [4.69, 9.17) is 18.0 Å². The molecule has 1 atom stereocenters. The van der Waals surface area contributed by atoms with Crippen molar-refractivity contribution in [3.8, 4) is 0 Å². The Hall–Kier alpha value is -1.63. The first-order valence-electron chi connectivity index (χ1n) is 6.54. The lowest BCUT2D eigenvalue weighted by molar-refractivity contribution is -0.137. The molecule has 1 aliphatic rings. The van der Waals surface area contributed by atoms with Crippen molar-refractivity contribution in [2.24, 2.45) is 5.73 Å². The Bertz CT molecular complexity index is 542. The molecule has 1 saturated heterocycles. The van der Waals surface area contributed by atoms with E-state index in [9.17, 15) is 18.0 Å². The van der Waals surface area contributed by atoms with E-state index >= 15 is 0 Å². The Morgan fingerprint density at radius 3 is 2.48 bits per heavy atom. The van der Waals surface area contributed by atoms with Crippen molar-refractivity contribution in [1.29, 1.82) is 0 Å². The quantitative estimate of drug-likeness (QED) is 0.872. The summed E-state index contributed by atoms with van der Waals surface area (Å²) in [4.78, 5) is 14.1. The number of thiocarbonyl (C=S) groups is 1. The van der Waals surface area contributed by atoms with Gasteiger partial charge in [-0.3, -0.25) is 4.79 Å². The molecule has 1 aliphatic heterocycles. The minimum Gasteiger partial charge on any atom is -0.392 e. The average Bonchev–Trinajstić information content (AvgIpc) is 2.87. The molecule has 3 nitrogen and oxygen atoms in total. The first-order valence-corrected chi connectivity index (χ1v) is 6.95. The second-order valence-electron chi connectivity index (χ2n) is 5.02. The van der Waals surface area contributed by atoms with Gasteiger partial charge in [0.1, 0.15) is 0 Å². The third kappa shape index (κ3) is 3.72. The first-order chi connectivity index (χ1) is 9.79. The van der Waals surface area contributed by atoms with Crippen molar-refractivity contribution in [1.82, 2.24) is 4.90 Å². The molecule has 21 heavy (non-hydrogen) atoms. The van der Waals surface area contributed by atoms with E-state index in [1.54, 1.807) is 4.90 Å². The van der Waals surface area contributed by atoms with Crippen LogP contribution in [-0.2, 0) is 17.4 Å². The van der Waals surface area contributed by atoms with E-state index in [1.807, 2.05) is 0 Å². The number of halogens is 3. The van der Waals surface area contributed by atoms with Crippen LogP contribution in [-0.4, -0.2) is 28.4 Å². The van der Waals surface area contributed by atoms with Crippen LogP contribution in [0.15, 0.2) is 24.3 Å². The fraction of sp³-hybridized carbons (Fsp3) is 0.429. The van der Waals surface area contributed by atoms with Crippen LogP contribution in [0.4, 0.5) is 13.2 Å². The summed E-state index contributed by atoms with van der Waals surface area (Å²) >= 11 is 4.93. The van der Waals surface area contributed by atoms with E-state index in [0.29, 0.717) is 12.1 Å². The van der Waals surface area contributed by atoms with Gasteiger partial charge in [-0.05, 0) is 30.5 Å². The molecule has 0 aromatic heterocycles. The molecule has 1 aromatic carbocycles. The van der Waals surface area contributed by atoms with Gasteiger partial charge < -0.3 is 10.6 Å². The number of nitrogens with two attached hydrogens (primary N) is 1. The smallest absolute Gasteiger partial charge is 0.392 e. The first kappa shape index (κ1) is 15.8. The van der Waals surface area contributed by atoms with E-state index in [1.165, 1.54) is 12.1 Å². The number of amides is 1. The summed E-state index contributed by atoms with van der Waals surface area (Å²) in [5.41, 5.74) is 5.42. The Morgan fingerprint density at radius 2 is 1.95 bits per heavy atom. The van der Waals surface area contributed by atoms with E-state index in [2.05, 4.69) is 0 Å². The summed E-state index contributed by atoms with van der Waals surface area (Å²) in [7, 11) is 0. The lowest BCUT2D eigenvalue weighted by Gasteiger charge is -2.23. The minimum absolute atomic E-state index is 0.0528. The van der Waals surface area contributed by atoms with Crippen LogP contribution in [0, 0.1) is 0 Å². The molecule has 7 heteroatoms. The zero-order chi connectivity index (χ0) is 15.6. The number of rotatable bonds is 3. The number of hydrogen-bond acceptors (Lipinski definition) is 2. The molecule has 0 radical (unpaired) electrons. The summed E-state index contributed by atoms with van der Waals surface area (Å²) in [5.74, 6) is -0.162. The van der Waals surface area contributed by atoms with Gasteiger partial charge in [0.05, 0.1) is 23.0 Å². The van der Waals surface area contributed by atoms with Crippen LogP contribution in [0.5, 0.6) is 0 Å². The normalized spacial score (nSPS) is 18.8. The van der Waals surface area contributed by atoms with Crippen molar-refractivity contribution >= 4 is 23.1 Å². The van der Waals surface area contributed by atoms with Crippen LogP contribution in [0.1, 0.15) is 24.0 Å². The van der Waals surface area contributed by atoms with Crippen LogP contribution in [0.2, 0.25) is 0 Å². The van der Waals surface area contributed by atoms with Crippen LogP contribution in [0.3, 0.4) is 0 Å². The standard InChI is InChI=1S/C14H15F3N2OS/c15-14(16,17)10-5-3-9(4-6-10)8-12(20)19-7-1-2-11(19)13(18)21/h3-6,11H,1-2,7-8H2,(H2,18,21). The predicted octanol–water partition coefficient (Wildman–Crippen LogP) is 2.53. The van der Waals surface area contributed by atoms with Crippen molar-refractivity contribution in [3.63, 3.8) is 0 Å². The number of alkyl halides is 3. The molecule has 0 saturated carbocycles. The largest absolute Gasteiger partial charge is 0.416 e. The monoisotopic (exact) mass is 316 g/mol. The fourth-order valence-corrected chi connectivity index (χ4v) is 2.69. The number of carbonyl (C=O) groups is 1. The SMILES string of the molecule is NC(=S)C1CCCN1C(=O)Cc1ccc(C(F)(F)F)cc1. The lowest BCUT2D eigenvalue weighted by Crippen LogP contribution is -2.43. The van der Waals surface area contributed by atoms with Gasteiger partial charge in [0.15, 0.2) is 0 Å². The fourth-order valence-electron chi connectivity index (χ4n) is 2.45. The maximum Gasteiger partial charge on any atom is 0.416 e. The van der Waals surface area contributed by atoms with Gasteiger partial charge in [0.25, 0.3) is 0 Å². The van der Waals surface area contributed by atoms with E-state index in [0.717, 1.165) is 25.0 Å². The van der Waals surface area contributed by atoms with Crippen molar-refractivity contribution < 1.29 is 18.0 Å². The van der Waals surface area contributed by atoms with Gasteiger partial charge >= 0.3 is 6.18 Å². The van der Waals surface area contributed by atoms with Crippen molar-refractivity contribution in [3.05, 3.63) is 35.4 Å². The molecule has 2 rings (SSSR count). The van der Waals surface area contributed by atoms with Gasteiger partial charge in [-0.15, -0.1) is 0 Å². The van der Waals surface area contributed by atoms with E-state index in [-0.39, 0.29) is 23.4 Å². The molecular weight excluding hydrogens is 301 g/mol. The molecule has 0 aliphatic carbocycles. The van der Waals surface area contributed by atoms with Gasteiger partial charge in [0, 0.05) is 6.54 Å². The van der Waals surface area contributed by atoms with E-state index < -0.39 is 11.7 Å². The van der Waals surface area contributed by atoms with Crippen LogP contribution in [0.25, 0.3) is 0 Å². The van der Waals surface area contributed by atoms with Crippen LogP contribution >= 0.6 is 12.2 Å². The van der Waals surface area contributed by atoms with Gasteiger partial charge in [-0.2, -0.15) is 13.2 Å². The third-order valence-corrected chi connectivity index (χ3v) is 3.81. The van der Waals surface area contributed by atoms with Gasteiger partial charge in [-0.25, -0.2) is 0 Å². The number of nitrogens with zero attached hydrogens (tertiary/aromatic N) is 1. The topological polar surface area (TPSA) is 46.3 Å². The average molecular weight is 316 g/mol. The molecule has 1 aromatic rings. The maximum absolute atomic E-state index is 12.5. The summed E-state index contributed by atoms with van der Waals surface area (Å²) < 4.78 is 37.4. The van der Waals surface area contributed by atoms with Crippen molar-refractivity contribution in [2.75, 3.05) is 6.54 Å². The summed E-state index contributed by atoms with van der Waals surface area (Å²) in [6, 6.07) is 4.39. The minimum atomic E-state index is -4.37. The Labute approximate surface area is 125 Å². The highest BCUT2D eigenvalue weighted by Crippen LogP contribution is 2.29. The Morgan fingerprint density at radius 1 is 1.33 bits per heavy atom. The van der Waals surface area contributed by atoms with Gasteiger partial charge in [-0.1, -0.05) is 24.4 Å². The highest BCUT2D eigenvalue weighted by molar-refractivity contribution is 7.80. The molecule has 114 valence electrons. The zero-order valence-corrected chi connectivity index (χ0v) is 12.0. The van der Waals surface area contributed by atoms with Crippen molar-refractivity contribution in [2.45, 2.75) is 31.5 Å². The molecule has 1 amide bonds. The number of likely N-dealkylation sites (tertiary alicyclic amines) is 1. The van der Waals surface area contributed by atoms with Gasteiger partial charge in [0.2, 0.25) is 5.91 Å². The number of hydrogen-bond donors (Lipinski definition) is 1. The Balaban J connectivity index is 2.04. The molecule has 0 spiro atoms. The number of benzene rings is 1. The predicted molar refractivity (Wildman–Crippen MR) is 76.7 cm³/mol. The third-order valence-electron chi connectivity index (χ3n) is 3.54. The molecular formula is C14H15F3N2OS. The zero-order valence-electron chi connectivity index (χ0n) is 11.2. The summed E-state index contributed by atoms with van der Waals surface area (Å²) in [6.45, 7) is 0.585. The molecule has 1 fully saturated rings. The summed E-state index contributed by atoms with van der Waals surface area (Å²) in [6.07, 6.45) is -2.74. The highest BCUT2D eigenvalue weighted by atomic mass is 32.1. The highest BCUT2D eigenvalue weighted by Gasteiger charge is 2.31. The molecule has 0 bridgehead atoms. The second-order valence-corrected chi connectivity index (χ2v) is 5.49. The maximum atomic E-state index is 12.5. The van der Waals surface area contributed by atoms with Crippen LogP contribution < -0.4 is 5.73 Å². The molecule has 2 N–H and O–H groups in total. The second kappa shape index (κ2) is 6.01. The lowest BCUT2D eigenvalue weighted by atomic mass is 10.1. The Kier molecular flexibility index (Phi) is 4.51. The number of carbonyl (C=O) groups excluding carboxylic acids is 1. The molecule has 1 unspecified atom stereocenters. The molecule has 1 heterocycles.